The highest BCUT2D eigenvalue weighted by atomic mass is 32.2. The van der Waals surface area contributed by atoms with Crippen LogP contribution in [0.5, 0.6) is 0 Å². The fourth-order valence-electron chi connectivity index (χ4n) is 2.67. The van der Waals surface area contributed by atoms with Crippen molar-refractivity contribution in [1.82, 2.24) is 30.4 Å². The third-order valence-corrected chi connectivity index (χ3v) is 6.30. The summed E-state index contributed by atoms with van der Waals surface area (Å²) < 4.78 is 1.07. The number of nitrogens with one attached hydrogen (secondary N) is 1. The van der Waals surface area contributed by atoms with Gasteiger partial charge in [0.25, 0.3) is 5.91 Å². The topological polar surface area (TPSA) is 194 Å². The number of carboxylic acid groups (broad SMARTS) is 2. The van der Waals surface area contributed by atoms with Crippen LogP contribution in [0.15, 0.2) is 16.4 Å². The predicted octanol–water partition coefficient (Wildman–Crippen LogP) is -2.50. The van der Waals surface area contributed by atoms with Crippen molar-refractivity contribution in [2.45, 2.75) is 22.7 Å². The molecule has 0 radical (unpaired) electrons. The SMILES string of the molecule is N[C@]1(NC=O)C(=O)N2C(C(=O)O)=C(CSc3nnnn3CC(=O)O)CS[C@H]21. The maximum absolute atomic E-state index is 12.3. The Bertz CT molecular complexity index is 857. The van der Waals surface area contributed by atoms with E-state index in [0.717, 1.165) is 21.3 Å². The highest BCUT2D eigenvalue weighted by Crippen LogP contribution is 2.44. The van der Waals surface area contributed by atoms with E-state index >= 15 is 0 Å². The smallest absolute Gasteiger partial charge is 0.352 e. The molecule has 0 aliphatic carbocycles. The number of aromatic nitrogens is 4. The van der Waals surface area contributed by atoms with Crippen LogP contribution in [0.3, 0.4) is 0 Å². The zero-order valence-corrected chi connectivity index (χ0v) is 15.1. The van der Waals surface area contributed by atoms with Gasteiger partial charge < -0.3 is 15.5 Å². The lowest BCUT2D eigenvalue weighted by molar-refractivity contribution is -0.157. The molecule has 27 heavy (non-hydrogen) atoms. The summed E-state index contributed by atoms with van der Waals surface area (Å²) in [7, 11) is 0. The summed E-state index contributed by atoms with van der Waals surface area (Å²) in [6.07, 6.45) is 0.299. The highest BCUT2D eigenvalue weighted by molar-refractivity contribution is 8.01. The minimum atomic E-state index is -1.64. The van der Waals surface area contributed by atoms with E-state index in [1.807, 2.05) is 0 Å². The zero-order valence-electron chi connectivity index (χ0n) is 13.4. The van der Waals surface area contributed by atoms with Gasteiger partial charge in [-0.15, -0.1) is 16.9 Å². The lowest BCUT2D eigenvalue weighted by Gasteiger charge is -2.54. The fourth-order valence-corrected chi connectivity index (χ4v) is 5.06. The van der Waals surface area contributed by atoms with E-state index < -0.39 is 35.4 Å². The van der Waals surface area contributed by atoms with Crippen LogP contribution < -0.4 is 11.1 Å². The van der Waals surface area contributed by atoms with Crippen LogP contribution in [0.25, 0.3) is 0 Å². The molecule has 1 saturated heterocycles. The highest BCUT2D eigenvalue weighted by Gasteiger charge is 2.62. The van der Waals surface area contributed by atoms with Gasteiger partial charge in [-0.3, -0.25) is 25.0 Å². The summed E-state index contributed by atoms with van der Waals surface area (Å²) in [4.78, 5) is 46.6. The Hall–Kier alpha value is -2.65. The van der Waals surface area contributed by atoms with Crippen molar-refractivity contribution < 1.29 is 29.4 Å². The summed E-state index contributed by atoms with van der Waals surface area (Å²) in [5.74, 6) is -2.77. The second-order valence-corrected chi connectivity index (χ2v) is 7.54. The van der Waals surface area contributed by atoms with Crippen molar-refractivity contribution in [2.75, 3.05) is 11.5 Å². The van der Waals surface area contributed by atoms with Crippen molar-refractivity contribution in [3.05, 3.63) is 11.3 Å². The van der Waals surface area contributed by atoms with Crippen LogP contribution in [0, 0.1) is 0 Å². The number of rotatable bonds is 8. The second kappa shape index (κ2) is 7.16. The lowest BCUT2D eigenvalue weighted by Crippen LogP contribution is -2.83. The molecule has 0 unspecified atom stereocenters. The van der Waals surface area contributed by atoms with Gasteiger partial charge in [-0.05, 0) is 16.0 Å². The molecule has 0 bridgehead atoms. The van der Waals surface area contributed by atoms with Gasteiger partial charge in [0.2, 0.25) is 17.2 Å². The maximum Gasteiger partial charge on any atom is 0.352 e. The quantitative estimate of drug-likeness (QED) is 0.151. The lowest BCUT2D eigenvalue weighted by atomic mass is 9.97. The van der Waals surface area contributed by atoms with Gasteiger partial charge in [0.05, 0.1) is 0 Å². The average Bonchev–Trinajstić information content (AvgIpc) is 3.04. The van der Waals surface area contributed by atoms with E-state index in [9.17, 15) is 24.3 Å². The molecule has 1 aromatic heterocycles. The van der Waals surface area contributed by atoms with Gasteiger partial charge in [0.15, 0.2) is 0 Å². The number of nitrogens with zero attached hydrogens (tertiary/aromatic N) is 5. The van der Waals surface area contributed by atoms with Crippen LogP contribution in [0.1, 0.15) is 0 Å². The number of carbonyl (C=O) groups excluding carboxylic acids is 2. The van der Waals surface area contributed by atoms with Crippen LogP contribution in [0.4, 0.5) is 0 Å². The van der Waals surface area contributed by atoms with Gasteiger partial charge in [0.1, 0.15) is 17.6 Å². The fraction of sp³-hybridized carbons (Fsp3) is 0.417. The number of amides is 2. The Labute approximate surface area is 159 Å². The first-order valence-corrected chi connectivity index (χ1v) is 9.34. The van der Waals surface area contributed by atoms with Crippen LogP contribution >= 0.6 is 23.5 Å². The largest absolute Gasteiger partial charge is 0.480 e. The minimum Gasteiger partial charge on any atom is -0.480 e. The molecule has 3 rings (SSSR count). The van der Waals surface area contributed by atoms with Gasteiger partial charge in [-0.1, -0.05) is 11.8 Å². The summed E-state index contributed by atoms with van der Waals surface area (Å²) in [5, 5.41) is 30.8. The molecule has 0 saturated carbocycles. The maximum atomic E-state index is 12.3. The van der Waals surface area contributed by atoms with Gasteiger partial charge in [-0.2, -0.15) is 0 Å². The standard InChI is InChI=1S/C12H13N7O6S2/c13-12(14-4-20)9(25)19-7(8(23)24)5(2-26-10(12)19)3-27-11-15-16-17-18(11)1-6(21)22/h4,10H,1-3,13H2,(H,14,20)(H,21,22)(H,23,24)/t10-,12-/m0/s1. The minimum absolute atomic E-state index is 0.129. The van der Waals surface area contributed by atoms with E-state index in [-0.39, 0.29) is 22.4 Å². The second-order valence-electron chi connectivity index (χ2n) is 5.53. The van der Waals surface area contributed by atoms with Crippen molar-refractivity contribution in [3.63, 3.8) is 0 Å². The molecule has 2 atom stereocenters. The number of fused-ring (bicyclic) bond motifs is 1. The number of β-lactam (4-membered cyclic amide) rings is 1. The van der Waals surface area contributed by atoms with Crippen molar-refractivity contribution >= 4 is 47.8 Å². The predicted molar refractivity (Wildman–Crippen MR) is 90.0 cm³/mol. The van der Waals surface area contributed by atoms with Crippen molar-refractivity contribution in [2.24, 2.45) is 5.73 Å². The number of carbonyl (C=O) groups is 4. The van der Waals surface area contributed by atoms with E-state index in [0.29, 0.717) is 12.0 Å². The molecule has 2 aliphatic heterocycles. The van der Waals surface area contributed by atoms with E-state index in [4.69, 9.17) is 10.8 Å². The summed E-state index contributed by atoms with van der Waals surface area (Å²) in [6, 6.07) is 0. The third-order valence-electron chi connectivity index (χ3n) is 3.85. The molecule has 3 heterocycles. The first kappa shape index (κ1) is 19.1. The normalized spacial score (nSPS) is 24.3. The Morgan fingerprint density at radius 2 is 2.22 bits per heavy atom. The summed E-state index contributed by atoms with van der Waals surface area (Å²) in [5.41, 5.74) is 4.46. The van der Waals surface area contributed by atoms with E-state index in [1.165, 1.54) is 11.8 Å². The summed E-state index contributed by atoms with van der Waals surface area (Å²) >= 11 is 2.27. The number of carboxylic acids is 2. The average molecular weight is 415 g/mol. The van der Waals surface area contributed by atoms with Gasteiger partial charge in [0, 0.05) is 11.5 Å². The van der Waals surface area contributed by atoms with Gasteiger partial charge >= 0.3 is 11.9 Å². The first-order chi connectivity index (χ1) is 12.8. The first-order valence-electron chi connectivity index (χ1n) is 7.31. The van der Waals surface area contributed by atoms with Crippen LogP contribution in [-0.4, -0.2) is 82.1 Å². The molecule has 13 nitrogen and oxygen atoms in total. The monoisotopic (exact) mass is 415 g/mol. The number of aliphatic carboxylic acids is 2. The van der Waals surface area contributed by atoms with E-state index in [2.05, 4.69) is 20.8 Å². The molecule has 0 spiro atoms. The van der Waals surface area contributed by atoms with Crippen LogP contribution in [-0.2, 0) is 25.7 Å². The molecule has 1 aromatic rings. The van der Waals surface area contributed by atoms with Crippen molar-refractivity contribution in [3.8, 4) is 0 Å². The molecule has 2 aliphatic rings. The number of thioether (sulfide) groups is 2. The molecule has 5 N–H and O–H groups in total. The number of hydrogen-bond donors (Lipinski definition) is 4. The Morgan fingerprint density at radius 1 is 1.48 bits per heavy atom. The number of hydrogen-bond acceptors (Lipinski definition) is 10. The van der Waals surface area contributed by atoms with E-state index in [1.54, 1.807) is 0 Å². The molecule has 144 valence electrons. The number of nitrogens with two attached hydrogens (primary N) is 1. The summed E-state index contributed by atoms with van der Waals surface area (Å²) in [6.45, 7) is -0.436. The Kier molecular flexibility index (Phi) is 5.07. The Morgan fingerprint density at radius 3 is 2.85 bits per heavy atom. The molecule has 15 heteroatoms. The molecular formula is C12H13N7O6S2. The van der Waals surface area contributed by atoms with Crippen molar-refractivity contribution in [1.29, 1.82) is 0 Å². The van der Waals surface area contributed by atoms with Gasteiger partial charge in [-0.25, -0.2) is 9.48 Å². The molecule has 0 aromatic carbocycles. The Balaban J connectivity index is 1.81. The molecule has 1 fully saturated rings. The third kappa shape index (κ3) is 3.24. The molecular weight excluding hydrogens is 402 g/mol. The van der Waals surface area contributed by atoms with Crippen LogP contribution in [0.2, 0.25) is 0 Å². The molecule has 2 amide bonds. The number of tetrazole rings is 1. The zero-order chi connectivity index (χ0) is 19.8.